The number of ether oxygens (including phenoxy) is 2. The van der Waals surface area contributed by atoms with Crippen LogP contribution < -0.4 is 0 Å². The van der Waals surface area contributed by atoms with Crippen LogP contribution in [-0.4, -0.2) is 49.3 Å². The van der Waals surface area contributed by atoms with E-state index in [-0.39, 0.29) is 18.1 Å². The Hall–Kier alpha value is -0.430. The summed E-state index contributed by atoms with van der Waals surface area (Å²) in [6, 6.07) is 3.81. The standard InChI is InChI=1S/C15H20BrNO3S/c16-14-6-5-13(21-14)15(18)17(9-11-3-1-7-19-11)10-12-4-2-8-20-12/h5-6,11-12H,1-4,7-10H2. The topological polar surface area (TPSA) is 38.8 Å². The highest BCUT2D eigenvalue weighted by Crippen LogP contribution is 2.25. The molecule has 0 aliphatic carbocycles. The van der Waals surface area contributed by atoms with Gasteiger partial charge in [0.2, 0.25) is 0 Å². The highest BCUT2D eigenvalue weighted by molar-refractivity contribution is 9.11. The number of carbonyl (C=O) groups excluding carboxylic acids is 1. The van der Waals surface area contributed by atoms with Crippen molar-refractivity contribution in [2.24, 2.45) is 0 Å². The van der Waals surface area contributed by atoms with Crippen LogP contribution in [0.5, 0.6) is 0 Å². The number of thiophene rings is 1. The van der Waals surface area contributed by atoms with E-state index in [1.54, 1.807) is 0 Å². The van der Waals surface area contributed by atoms with Gasteiger partial charge in [0.1, 0.15) is 0 Å². The second-order valence-electron chi connectivity index (χ2n) is 5.58. The molecule has 2 saturated heterocycles. The molecule has 116 valence electrons. The molecule has 0 saturated carbocycles. The number of rotatable bonds is 5. The first-order chi connectivity index (χ1) is 10.2. The van der Waals surface area contributed by atoms with Gasteiger partial charge in [0.15, 0.2) is 0 Å². The quantitative estimate of drug-likeness (QED) is 0.794. The van der Waals surface area contributed by atoms with Gasteiger partial charge < -0.3 is 14.4 Å². The largest absolute Gasteiger partial charge is 0.376 e. The fourth-order valence-electron chi connectivity index (χ4n) is 2.89. The maximum Gasteiger partial charge on any atom is 0.264 e. The smallest absolute Gasteiger partial charge is 0.264 e. The molecule has 3 rings (SSSR count). The van der Waals surface area contributed by atoms with E-state index in [0.717, 1.165) is 47.6 Å². The predicted octanol–water partition coefficient (Wildman–Crippen LogP) is 3.31. The molecule has 1 aromatic rings. The third-order valence-electron chi connectivity index (χ3n) is 3.97. The zero-order chi connectivity index (χ0) is 14.7. The third-order valence-corrected chi connectivity index (χ3v) is 5.58. The number of amides is 1. The molecule has 0 radical (unpaired) electrons. The summed E-state index contributed by atoms with van der Waals surface area (Å²) >= 11 is 4.91. The molecule has 6 heteroatoms. The van der Waals surface area contributed by atoms with Gasteiger partial charge in [-0.05, 0) is 53.7 Å². The van der Waals surface area contributed by atoms with Gasteiger partial charge in [-0.2, -0.15) is 0 Å². The van der Waals surface area contributed by atoms with Crippen LogP contribution in [0.3, 0.4) is 0 Å². The molecular weight excluding hydrogens is 354 g/mol. The van der Waals surface area contributed by atoms with E-state index in [0.29, 0.717) is 13.1 Å². The van der Waals surface area contributed by atoms with Crippen molar-refractivity contribution in [2.75, 3.05) is 26.3 Å². The second-order valence-corrected chi connectivity index (χ2v) is 8.05. The fourth-order valence-corrected chi connectivity index (χ4v) is 4.25. The molecule has 3 heterocycles. The Labute approximate surface area is 137 Å². The number of hydrogen-bond donors (Lipinski definition) is 0. The Balaban J connectivity index is 1.68. The molecule has 1 amide bonds. The molecule has 4 nitrogen and oxygen atoms in total. The summed E-state index contributed by atoms with van der Waals surface area (Å²) in [5, 5.41) is 0. The SMILES string of the molecule is O=C(c1ccc(Br)s1)N(CC1CCCO1)CC1CCCO1. The first kappa shape index (κ1) is 15.5. The molecule has 2 atom stereocenters. The summed E-state index contributed by atoms with van der Waals surface area (Å²) in [5.41, 5.74) is 0. The molecular formula is C15H20BrNO3S. The van der Waals surface area contributed by atoms with E-state index in [1.807, 2.05) is 17.0 Å². The van der Waals surface area contributed by atoms with E-state index in [9.17, 15) is 4.79 Å². The molecule has 0 bridgehead atoms. The van der Waals surface area contributed by atoms with Gasteiger partial charge in [-0.1, -0.05) is 0 Å². The number of carbonyl (C=O) groups is 1. The van der Waals surface area contributed by atoms with E-state index in [2.05, 4.69) is 15.9 Å². The van der Waals surface area contributed by atoms with Crippen molar-refractivity contribution in [3.63, 3.8) is 0 Å². The van der Waals surface area contributed by atoms with Crippen molar-refractivity contribution in [2.45, 2.75) is 37.9 Å². The van der Waals surface area contributed by atoms with E-state index < -0.39 is 0 Å². The van der Waals surface area contributed by atoms with Gasteiger partial charge in [-0.25, -0.2) is 0 Å². The first-order valence-corrected chi connectivity index (χ1v) is 9.11. The van der Waals surface area contributed by atoms with Gasteiger partial charge in [-0.15, -0.1) is 11.3 Å². The summed E-state index contributed by atoms with van der Waals surface area (Å²) in [6.45, 7) is 2.98. The van der Waals surface area contributed by atoms with Crippen LogP contribution in [0.4, 0.5) is 0 Å². The number of nitrogens with zero attached hydrogens (tertiary/aromatic N) is 1. The molecule has 2 unspecified atom stereocenters. The molecule has 0 aromatic carbocycles. The molecule has 2 aliphatic heterocycles. The third kappa shape index (κ3) is 4.06. The zero-order valence-electron chi connectivity index (χ0n) is 11.9. The highest BCUT2D eigenvalue weighted by atomic mass is 79.9. The Morgan fingerprint density at radius 2 is 1.81 bits per heavy atom. The Morgan fingerprint density at radius 1 is 1.19 bits per heavy atom. The molecule has 0 spiro atoms. The summed E-state index contributed by atoms with van der Waals surface area (Å²) in [6.07, 6.45) is 4.64. The van der Waals surface area contributed by atoms with Gasteiger partial charge in [0, 0.05) is 26.3 Å². The second kappa shape index (κ2) is 7.22. The monoisotopic (exact) mass is 373 g/mol. The van der Waals surface area contributed by atoms with Gasteiger partial charge in [0.05, 0.1) is 20.9 Å². The van der Waals surface area contributed by atoms with Gasteiger partial charge >= 0.3 is 0 Å². The highest BCUT2D eigenvalue weighted by Gasteiger charge is 2.28. The van der Waals surface area contributed by atoms with Crippen molar-refractivity contribution in [1.29, 1.82) is 0 Å². The molecule has 2 fully saturated rings. The average Bonchev–Trinajstić information content (AvgIpc) is 3.19. The van der Waals surface area contributed by atoms with E-state index in [4.69, 9.17) is 9.47 Å². The Kier molecular flexibility index (Phi) is 5.32. The minimum atomic E-state index is 0.0942. The lowest BCUT2D eigenvalue weighted by atomic mass is 10.2. The van der Waals surface area contributed by atoms with Crippen molar-refractivity contribution in [3.8, 4) is 0 Å². The van der Waals surface area contributed by atoms with Crippen LogP contribution in [0, 0.1) is 0 Å². The summed E-state index contributed by atoms with van der Waals surface area (Å²) < 4.78 is 12.4. The van der Waals surface area contributed by atoms with Crippen LogP contribution in [0.2, 0.25) is 0 Å². The van der Waals surface area contributed by atoms with Crippen molar-refractivity contribution >= 4 is 33.2 Å². The Bertz CT molecular complexity index is 463. The molecule has 2 aliphatic rings. The number of halogens is 1. The van der Waals surface area contributed by atoms with E-state index >= 15 is 0 Å². The summed E-state index contributed by atoms with van der Waals surface area (Å²) in [4.78, 5) is 15.4. The minimum absolute atomic E-state index is 0.0942. The Morgan fingerprint density at radius 3 is 2.24 bits per heavy atom. The fraction of sp³-hybridized carbons (Fsp3) is 0.667. The summed E-state index contributed by atoms with van der Waals surface area (Å²) in [5.74, 6) is 0.0942. The van der Waals surface area contributed by atoms with Gasteiger partial charge in [0.25, 0.3) is 5.91 Å². The number of hydrogen-bond acceptors (Lipinski definition) is 4. The van der Waals surface area contributed by atoms with Crippen molar-refractivity contribution < 1.29 is 14.3 Å². The minimum Gasteiger partial charge on any atom is -0.376 e. The summed E-state index contributed by atoms with van der Waals surface area (Å²) in [7, 11) is 0. The van der Waals surface area contributed by atoms with Crippen LogP contribution in [0.1, 0.15) is 35.4 Å². The lowest BCUT2D eigenvalue weighted by Crippen LogP contribution is -2.41. The lowest BCUT2D eigenvalue weighted by Gasteiger charge is -2.27. The molecule has 1 aromatic heterocycles. The zero-order valence-corrected chi connectivity index (χ0v) is 14.3. The molecule has 0 N–H and O–H groups in total. The van der Waals surface area contributed by atoms with Gasteiger partial charge in [-0.3, -0.25) is 4.79 Å². The lowest BCUT2D eigenvalue weighted by molar-refractivity contribution is 0.0310. The first-order valence-electron chi connectivity index (χ1n) is 7.50. The maximum absolute atomic E-state index is 12.7. The van der Waals surface area contributed by atoms with Crippen molar-refractivity contribution in [1.82, 2.24) is 4.90 Å². The van der Waals surface area contributed by atoms with Crippen LogP contribution >= 0.6 is 27.3 Å². The van der Waals surface area contributed by atoms with Crippen LogP contribution in [-0.2, 0) is 9.47 Å². The van der Waals surface area contributed by atoms with Crippen LogP contribution in [0.15, 0.2) is 15.9 Å². The average molecular weight is 374 g/mol. The van der Waals surface area contributed by atoms with E-state index in [1.165, 1.54) is 11.3 Å². The predicted molar refractivity (Wildman–Crippen MR) is 85.9 cm³/mol. The van der Waals surface area contributed by atoms with Crippen molar-refractivity contribution in [3.05, 3.63) is 20.8 Å². The normalized spacial score (nSPS) is 25.4. The van der Waals surface area contributed by atoms with Crippen LogP contribution in [0.25, 0.3) is 0 Å². The maximum atomic E-state index is 12.7. The molecule has 21 heavy (non-hydrogen) atoms.